The highest BCUT2D eigenvalue weighted by atomic mass is 32.1. The standard InChI is InChI=1S/C26H21FN2O4S/c1-13(2)15-5-7-16(8-6-15)22-21(23(30)19-11-4-14(3)33-19)24(31)25(32)29(22)26-28-18-10-9-17(27)12-20(18)34-26/h4-13,22,31H,1-3H3/t22-/m1/s1. The highest BCUT2D eigenvalue weighted by Gasteiger charge is 2.46. The van der Waals surface area contributed by atoms with Gasteiger partial charge in [0.1, 0.15) is 11.6 Å². The molecule has 1 atom stereocenters. The summed E-state index contributed by atoms with van der Waals surface area (Å²) in [5, 5.41) is 11.1. The molecular weight excluding hydrogens is 455 g/mol. The molecular formula is C26H21FN2O4S. The van der Waals surface area contributed by atoms with Crippen LogP contribution in [0, 0.1) is 12.7 Å². The van der Waals surface area contributed by atoms with Gasteiger partial charge in [0.15, 0.2) is 16.7 Å². The van der Waals surface area contributed by atoms with E-state index >= 15 is 0 Å². The number of aromatic nitrogens is 1. The van der Waals surface area contributed by atoms with Gasteiger partial charge in [-0.25, -0.2) is 9.37 Å². The van der Waals surface area contributed by atoms with Gasteiger partial charge >= 0.3 is 0 Å². The number of hydrogen-bond donors (Lipinski definition) is 1. The van der Waals surface area contributed by atoms with Gasteiger partial charge < -0.3 is 9.52 Å². The Labute approximate surface area is 199 Å². The van der Waals surface area contributed by atoms with Crippen LogP contribution in [0.1, 0.15) is 53.2 Å². The Morgan fingerprint density at radius 3 is 2.53 bits per heavy atom. The number of carbonyl (C=O) groups excluding carboxylic acids is 2. The van der Waals surface area contributed by atoms with Crippen LogP contribution in [0.5, 0.6) is 0 Å². The van der Waals surface area contributed by atoms with Crippen LogP contribution in [0.3, 0.4) is 0 Å². The van der Waals surface area contributed by atoms with E-state index in [1.165, 1.54) is 29.2 Å². The summed E-state index contributed by atoms with van der Waals surface area (Å²) in [7, 11) is 0. The molecule has 6 nitrogen and oxygen atoms in total. The fourth-order valence-electron chi connectivity index (χ4n) is 4.09. The number of anilines is 1. The summed E-state index contributed by atoms with van der Waals surface area (Å²) in [6, 6.07) is 14.0. The number of aliphatic hydroxyl groups excluding tert-OH is 1. The van der Waals surface area contributed by atoms with E-state index in [9.17, 15) is 19.1 Å². The zero-order valence-corrected chi connectivity index (χ0v) is 19.5. The van der Waals surface area contributed by atoms with Crippen molar-refractivity contribution in [2.75, 3.05) is 4.90 Å². The minimum Gasteiger partial charge on any atom is -0.503 e. The number of carbonyl (C=O) groups is 2. The Balaban J connectivity index is 1.67. The van der Waals surface area contributed by atoms with Crippen LogP contribution in [0.2, 0.25) is 0 Å². The van der Waals surface area contributed by atoms with Crippen molar-refractivity contribution >= 4 is 38.4 Å². The molecule has 4 aromatic rings. The Morgan fingerprint density at radius 2 is 1.88 bits per heavy atom. The molecule has 1 N–H and O–H groups in total. The first-order valence-electron chi connectivity index (χ1n) is 10.8. The fraction of sp³-hybridized carbons (Fsp3) is 0.192. The van der Waals surface area contributed by atoms with Crippen LogP contribution in [0.15, 0.2) is 70.3 Å². The maximum absolute atomic E-state index is 13.8. The maximum Gasteiger partial charge on any atom is 0.296 e. The van der Waals surface area contributed by atoms with Crippen molar-refractivity contribution in [3.63, 3.8) is 0 Å². The fourth-order valence-corrected chi connectivity index (χ4v) is 5.11. The second-order valence-corrected chi connectivity index (χ2v) is 9.52. The number of Topliss-reactive ketones (excluding diaryl/α,β-unsaturated/α-hetero) is 1. The largest absolute Gasteiger partial charge is 0.503 e. The highest BCUT2D eigenvalue weighted by molar-refractivity contribution is 7.22. The van der Waals surface area contributed by atoms with Crippen molar-refractivity contribution in [3.05, 3.63) is 94.4 Å². The van der Waals surface area contributed by atoms with Gasteiger partial charge in [0.25, 0.3) is 5.91 Å². The highest BCUT2D eigenvalue weighted by Crippen LogP contribution is 2.44. The van der Waals surface area contributed by atoms with E-state index in [0.29, 0.717) is 27.5 Å². The number of ketones is 1. The second kappa shape index (κ2) is 8.22. The molecule has 1 amide bonds. The zero-order chi connectivity index (χ0) is 24.1. The Kier molecular flexibility index (Phi) is 5.32. The second-order valence-electron chi connectivity index (χ2n) is 8.51. The molecule has 3 heterocycles. The number of fused-ring (bicyclic) bond motifs is 1. The molecule has 2 aromatic heterocycles. The molecule has 0 saturated heterocycles. The number of thiazole rings is 1. The summed E-state index contributed by atoms with van der Waals surface area (Å²) in [5.41, 5.74) is 2.17. The molecule has 0 radical (unpaired) electrons. The average Bonchev–Trinajstić information content (AvgIpc) is 3.49. The van der Waals surface area contributed by atoms with Gasteiger partial charge in [0.2, 0.25) is 5.78 Å². The summed E-state index contributed by atoms with van der Waals surface area (Å²) >= 11 is 1.12. The third-order valence-corrected chi connectivity index (χ3v) is 6.90. The number of aryl methyl sites for hydroxylation is 1. The van der Waals surface area contributed by atoms with E-state index in [1.807, 2.05) is 24.3 Å². The maximum atomic E-state index is 13.8. The van der Waals surface area contributed by atoms with Gasteiger partial charge in [-0.15, -0.1) is 0 Å². The first-order valence-corrected chi connectivity index (χ1v) is 11.6. The molecule has 0 aliphatic carbocycles. The van der Waals surface area contributed by atoms with Crippen molar-refractivity contribution in [2.45, 2.75) is 32.7 Å². The quantitative estimate of drug-likeness (QED) is 0.345. The minimum atomic E-state index is -0.919. The predicted molar refractivity (Wildman–Crippen MR) is 128 cm³/mol. The number of furan rings is 1. The first-order chi connectivity index (χ1) is 16.2. The van der Waals surface area contributed by atoms with Crippen molar-refractivity contribution < 1.29 is 23.5 Å². The molecule has 0 fully saturated rings. The number of nitrogens with zero attached hydrogens (tertiary/aromatic N) is 2. The van der Waals surface area contributed by atoms with Gasteiger partial charge in [0.05, 0.1) is 21.8 Å². The number of rotatable bonds is 5. The molecule has 2 aromatic carbocycles. The minimum absolute atomic E-state index is 0.0314. The number of hydrogen-bond acceptors (Lipinski definition) is 6. The van der Waals surface area contributed by atoms with Crippen molar-refractivity contribution in [3.8, 4) is 0 Å². The van der Waals surface area contributed by atoms with Gasteiger partial charge in [-0.05, 0) is 54.3 Å². The molecule has 34 heavy (non-hydrogen) atoms. The summed E-state index contributed by atoms with van der Waals surface area (Å²) in [4.78, 5) is 32.5. The van der Waals surface area contributed by atoms with Crippen molar-refractivity contribution in [2.24, 2.45) is 0 Å². The average molecular weight is 477 g/mol. The molecule has 1 aliphatic rings. The summed E-state index contributed by atoms with van der Waals surface area (Å²) < 4.78 is 19.8. The van der Waals surface area contributed by atoms with Gasteiger partial charge in [-0.1, -0.05) is 49.4 Å². The summed E-state index contributed by atoms with van der Waals surface area (Å²) in [6.45, 7) is 5.85. The van der Waals surface area contributed by atoms with E-state index in [4.69, 9.17) is 4.42 Å². The molecule has 0 bridgehead atoms. The molecule has 0 saturated carbocycles. The van der Waals surface area contributed by atoms with Crippen LogP contribution >= 0.6 is 11.3 Å². The summed E-state index contributed by atoms with van der Waals surface area (Å²) in [6.07, 6.45) is 0. The Morgan fingerprint density at radius 1 is 1.15 bits per heavy atom. The first kappa shape index (κ1) is 22.0. The van der Waals surface area contributed by atoms with Crippen LogP contribution < -0.4 is 4.90 Å². The number of benzene rings is 2. The van der Waals surface area contributed by atoms with Crippen LogP contribution in [0.4, 0.5) is 9.52 Å². The lowest BCUT2D eigenvalue weighted by Gasteiger charge is -2.24. The number of halogens is 1. The number of aliphatic hydroxyl groups is 1. The smallest absolute Gasteiger partial charge is 0.296 e. The van der Waals surface area contributed by atoms with Gasteiger partial charge in [-0.3, -0.25) is 14.5 Å². The lowest BCUT2D eigenvalue weighted by Crippen LogP contribution is -2.31. The zero-order valence-electron chi connectivity index (χ0n) is 18.7. The third-order valence-electron chi connectivity index (χ3n) is 5.88. The van der Waals surface area contributed by atoms with Crippen molar-refractivity contribution in [1.29, 1.82) is 0 Å². The van der Waals surface area contributed by atoms with E-state index < -0.39 is 29.3 Å². The topological polar surface area (TPSA) is 83.6 Å². The molecule has 8 heteroatoms. The molecule has 1 aliphatic heterocycles. The Bertz CT molecular complexity index is 1470. The third kappa shape index (κ3) is 3.60. The van der Waals surface area contributed by atoms with Gasteiger partial charge in [0, 0.05) is 0 Å². The predicted octanol–water partition coefficient (Wildman–Crippen LogP) is 6.24. The van der Waals surface area contributed by atoms with E-state index in [2.05, 4.69) is 18.8 Å². The molecule has 0 spiro atoms. The van der Waals surface area contributed by atoms with Crippen LogP contribution in [-0.2, 0) is 4.79 Å². The van der Waals surface area contributed by atoms with E-state index in [-0.39, 0.29) is 16.5 Å². The van der Waals surface area contributed by atoms with Crippen LogP contribution in [-0.4, -0.2) is 21.8 Å². The molecule has 0 unspecified atom stereocenters. The lowest BCUT2D eigenvalue weighted by atomic mass is 9.93. The van der Waals surface area contributed by atoms with Gasteiger partial charge in [-0.2, -0.15) is 0 Å². The SMILES string of the molecule is Cc1ccc(C(=O)C2=C(O)C(=O)N(c3nc4ccc(F)cc4s3)[C@@H]2c2ccc(C(C)C)cc2)o1. The number of amides is 1. The Hall–Kier alpha value is -3.78. The normalized spacial score (nSPS) is 16.3. The monoisotopic (exact) mass is 476 g/mol. The molecule has 172 valence electrons. The van der Waals surface area contributed by atoms with E-state index in [0.717, 1.165) is 16.9 Å². The van der Waals surface area contributed by atoms with Crippen LogP contribution in [0.25, 0.3) is 10.2 Å². The lowest BCUT2D eigenvalue weighted by molar-refractivity contribution is -0.117. The molecule has 5 rings (SSSR count). The van der Waals surface area contributed by atoms with Crippen molar-refractivity contribution in [1.82, 2.24) is 4.98 Å². The summed E-state index contributed by atoms with van der Waals surface area (Å²) in [5.74, 6) is -1.52. The van der Waals surface area contributed by atoms with E-state index in [1.54, 1.807) is 13.0 Å².